The van der Waals surface area contributed by atoms with E-state index in [9.17, 15) is 0 Å². The van der Waals surface area contributed by atoms with Crippen LogP contribution in [0, 0.1) is 11.3 Å². The average Bonchev–Trinajstić information content (AvgIpc) is 2.40. The van der Waals surface area contributed by atoms with E-state index >= 15 is 0 Å². The zero-order valence-corrected chi connectivity index (χ0v) is 9.91. The summed E-state index contributed by atoms with van der Waals surface area (Å²) in [5, 5.41) is 8.64. The van der Waals surface area contributed by atoms with E-state index in [-0.39, 0.29) is 6.04 Å². The maximum Gasteiger partial charge on any atom is 0.127 e. The van der Waals surface area contributed by atoms with Crippen molar-refractivity contribution < 1.29 is 4.74 Å². The third-order valence-corrected chi connectivity index (χ3v) is 2.58. The van der Waals surface area contributed by atoms with Crippen LogP contribution in [0.1, 0.15) is 18.0 Å². The lowest BCUT2D eigenvalue weighted by atomic mass is 10.1. The van der Waals surface area contributed by atoms with Gasteiger partial charge < -0.3 is 10.5 Å². The van der Waals surface area contributed by atoms with Crippen LogP contribution in [-0.4, -0.2) is 0 Å². The number of nitriles is 1. The molecule has 0 heterocycles. The predicted molar refractivity (Wildman–Crippen MR) is 70.1 cm³/mol. The lowest BCUT2D eigenvalue weighted by Crippen LogP contribution is -2.08. The van der Waals surface area contributed by atoms with Crippen molar-refractivity contribution in [2.24, 2.45) is 5.73 Å². The monoisotopic (exact) mass is 238 g/mol. The topological polar surface area (TPSA) is 59.0 Å². The first-order valence-electron chi connectivity index (χ1n) is 5.75. The van der Waals surface area contributed by atoms with Crippen LogP contribution in [0.5, 0.6) is 11.5 Å². The van der Waals surface area contributed by atoms with Crippen molar-refractivity contribution in [2.45, 2.75) is 12.5 Å². The fraction of sp³-hybridized carbons (Fsp3) is 0.133. The van der Waals surface area contributed by atoms with Crippen molar-refractivity contribution in [3.05, 3.63) is 60.2 Å². The van der Waals surface area contributed by atoms with Crippen molar-refractivity contribution in [3.63, 3.8) is 0 Å². The molecule has 0 aromatic heterocycles. The SMILES string of the molecule is N#CC[C@H](N)c1cccc(Oc2ccccc2)c1. The first-order chi connectivity index (χ1) is 8.79. The Morgan fingerprint density at radius 2 is 1.78 bits per heavy atom. The fourth-order valence-corrected chi connectivity index (χ4v) is 1.65. The highest BCUT2D eigenvalue weighted by Gasteiger charge is 2.06. The van der Waals surface area contributed by atoms with Crippen molar-refractivity contribution in [3.8, 4) is 17.6 Å². The number of nitrogens with zero attached hydrogens (tertiary/aromatic N) is 1. The van der Waals surface area contributed by atoms with Crippen molar-refractivity contribution in [1.82, 2.24) is 0 Å². The van der Waals surface area contributed by atoms with Crippen LogP contribution in [0.15, 0.2) is 54.6 Å². The van der Waals surface area contributed by atoms with Gasteiger partial charge in [-0.3, -0.25) is 0 Å². The van der Waals surface area contributed by atoms with Crippen molar-refractivity contribution in [1.29, 1.82) is 5.26 Å². The molecule has 90 valence electrons. The zero-order chi connectivity index (χ0) is 12.8. The fourth-order valence-electron chi connectivity index (χ4n) is 1.65. The van der Waals surface area contributed by atoms with Crippen LogP contribution in [-0.2, 0) is 0 Å². The van der Waals surface area contributed by atoms with Gasteiger partial charge in [0.15, 0.2) is 0 Å². The number of hydrogen-bond acceptors (Lipinski definition) is 3. The van der Waals surface area contributed by atoms with E-state index in [1.807, 2.05) is 54.6 Å². The Morgan fingerprint density at radius 1 is 1.06 bits per heavy atom. The third kappa shape index (κ3) is 3.09. The van der Waals surface area contributed by atoms with E-state index in [0.717, 1.165) is 17.1 Å². The Morgan fingerprint density at radius 3 is 2.50 bits per heavy atom. The minimum Gasteiger partial charge on any atom is -0.457 e. The summed E-state index contributed by atoms with van der Waals surface area (Å²) in [4.78, 5) is 0. The third-order valence-electron chi connectivity index (χ3n) is 2.58. The van der Waals surface area contributed by atoms with E-state index in [2.05, 4.69) is 6.07 Å². The molecular weight excluding hydrogens is 224 g/mol. The normalized spacial score (nSPS) is 11.6. The molecule has 1 atom stereocenters. The van der Waals surface area contributed by atoms with Crippen LogP contribution in [0.4, 0.5) is 0 Å². The molecule has 0 saturated carbocycles. The Labute approximate surface area is 106 Å². The first kappa shape index (κ1) is 12.2. The Balaban J connectivity index is 2.15. The smallest absolute Gasteiger partial charge is 0.127 e. The molecule has 0 amide bonds. The molecule has 0 aliphatic carbocycles. The van der Waals surface area contributed by atoms with Gasteiger partial charge in [-0.15, -0.1) is 0 Å². The molecule has 2 rings (SSSR count). The molecule has 0 saturated heterocycles. The van der Waals surface area contributed by atoms with Gasteiger partial charge in [0, 0.05) is 6.04 Å². The van der Waals surface area contributed by atoms with E-state index in [1.165, 1.54) is 0 Å². The maximum absolute atomic E-state index is 8.64. The highest BCUT2D eigenvalue weighted by Crippen LogP contribution is 2.24. The van der Waals surface area contributed by atoms with Crippen LogP contribution in [0.2, 0.25) is 0 Å². The highest BCUT2D eigenvalue weighted by molar-refractivity contribution is 5.35. The Bertz CT molecular complexity index is 546. The van der Waals surface area contributed by atoms with Crippen LogP contribution in [0.3, 0.4) is 0 Å². The molecule has 0 radical (unpaired) electrons. The Hall–Kier alpha value is -2.31. The molecular formula is C15H14N2O. The molecule has 0 aliphatic rings. The van der Waals surface area contributed by atoms with Gasteiger partial charge in [0.05, 0.1) is 12.5 Å². The van der Waals surface area contributed by atoms with Gasteiger partial charge in [-0.2, -0.15) is 5.26 Å². The molecule has 0 bridgehead atoms. The minimum absolute atomic E-state index is 0.269. The second-order valence-corrected chi connectivity index (χ2v) is 3.96. The molecule has 0 spiro atoms. The van der Waals surface area contributed by atoms with Crippen LogP contribution >= 0.6 is 0 Å². The van der Waals surface area contributed by atoms with Gasteiger partial charge in [0.25, 0.3) is 0 Å². The second-order valence-electron chi connectivity index (χ2n) is 3.96. The maximum atomic E-state index is 8.64. The van der Waals surface area contributed by atoms with Gasteiger partial charge in [-0.25, -0.2) is 0 Å². The van der Waals surface area contributed by atoms with Gasteiger partial charge >= 0.3 is 0 Å². The first-order valence-corrected chi connectivity index (χ1v) is 5.75. The standard InChI is InChI=1S/C15H14N2O/c16-10-9-15(17)12-5-4-8-14(11-12)18-13-6-2-1-3-7-13/h1-8,11,15H,9,17H2/t15-/m0/s1. The van der Waals surface area contributed by atoms with Crippen molar-refractivity contribution >= 4 is 0 Å². The quantitative estimate of drug-likeness (QED) is 0.888. The summed E-state index contributed by atoms with van der Waals surface area (Å²) in [5.41, 5.74) is 6.80. The van der Waals surface area contributed by atoms with Gasteiger partial charge in [-0.1, -0.05) is 30.3 Å². The zero-order valence-electron chi connectivity index (χ0n) is 9.91. The molecule has 2 aromatic rings. The predicted octanol–water partition coefficient (Wildman–Crippen LogP) is 3.39. The second kappa shape index (κ2) is 5.85. The summed E-state index contributed by atoms with van der Waals surface area (Å²) in [7, 11) is 0. The number of para-hydroxylation sites is 1. The molecule has 0 fully saturated rings. The number of benzene rings is 2. The number of hydrogen-bond donors (Lipinski definition) is 1. The average molecular weight is 238 g/mol. The molecule has 3 heteroatoms. The van der Waals surface area contributed by atoms with Gasteiger partial charge in [-0.05, 0) is 29.8 Å². The molecule has 0 unspecified atom stereocenters. The summed E-state index contributed by atoms with van der Waals surface area (Å²) in [5.74, 6) is 1.51. The summed E-state index contributed by atoms with van der Waals surface area (Å²) >= 11 is 0. The summed E-state index contributed by atoms with van der Waals surface area (Å²) in [6, 6.07) is 18.9. The van der Waals surface area contributed by atoms with Gasteiger partial charge in [0.2, 0.25) is 0 Å². The number of nitrogens with two attached hydrogens (primary N) is 1. The molecule has 18 heavy (non-hydrogen) atoms. The minimum atomic E-state index is -0.269. The highest BCUT2D eigenvalue weighted by atomic mass is 16.5. The van der Waals surface area contributed by atoms with E-state index in [1.54, 1.807) is 0 Å². The van der Waals surface area contributed by atoms with E-state index < -0.39 is 0 Å². The lowest BCUT2D eigenvalue weighted by molar-refractivity contribution is 0.481. The molecule has 2 aromatic carbocycles. The summed E-state index contributed by atoms with van der Waals surface area (Å²) in [6.07, 6.45) is 0.300. The van der Waals surface area contributed by atoms with Crippen LogP contribution in [0.25, 0.3) is 0 Å². The summed E-state index contributed by atoms with van der Waals surface area (Å²) < 4.78 is 5.71. The molecule has 0 aliphatic heterocycles. The van der Waals surface area contributed by atoms with Crippen LogP contribution < -0.4 is 10.5 Å². The van der Waals surface area contributed by atoms with Crippen molar-refractivity contribution in [2.75, 3.05) is 0 Å². The van der Waals surface area contributed by atoms with Gasteiger partial charge in [0.1, 0.15) is 11.5 Å². The van der Waals surface area contributed by atoms with E-state index in [0.29, 0.717) is 6.42 Å². The largest absolute Gasteiger partial charge is 0.457 e. The molecule has 2 N–H and O–H groups in total. The lowest BCUT2D eigenvalue weighted by Gasteiger charge is -2.10. The Kier molecular flexibility index (Phi) is 3.95. The molecule has 3 nitrogen and oxygen atoms in total. The number of ether oxygens (including phenoxy) is 1. The summed E-state index contributed by atoms with van der Waals surface area (Å²) in [6.45, 7) is 0. The number of rotatable bonds is 4. The van der Waals surface area contributed by atoms with E-state index in [4.69, 9.17) is 15.7 Å².